The molecule has 0 bridgehead atoms. The molecule has 0 atom stereocenters. The van der Waals surface area contributed by atoms with E-state index in [1.807, 2.05) is 0 Å². The van der Waals surface area contributed by atoms with Crippen LogP contribution >= 0.6 is 11.3 Å². The van der Waals surface area contributed by atoms with E-state index in [1.165, 1.54) is 24.2 Å². The van der Waals surface area contributed by atoms with Crippen LogP contribution in [-0.4, -0.2) is 21.1 Å². The highest BCUT2D eigenvalue weighted by molar-refractivity contribution is 7.15. The smallest absolute Gasteiger partial charge is 0.276 e. The van der Waals surface area contributed by atoms with Crippen LogP contribution in [0.5, 0.6) is 0 Å². The molecule has 19 heavy (non-hydrogen) atoms. The highest BCUT2D eigenvalue weighted by Crippen LogP contribution is 2.18. The summed E-state index contributed by atoms with van der Waals surface area (Å²) in [5.41, 5.74) is 0.380. The maximum atomic E-state index is 11.8. The van der Waals surface area contributed by atoms with Gasteiger partial charge in [-0.25, -0.2) is 0 Å². The number of nitrogens with zero attached hydrogens (tertiary/aromatic N) is 3. The molecule has 0 unspecified atom stereocenters. The number of aryl methyl sites for hydroxylation is 1. The van der Waals surface area contributed by atoms with Gasteiger partial charge in [0.15, 0.2) is 0 Å². The van der Waals surface area contributed by atoms with Crippen LogP contribution in [-0.2, 0) is 6.42 Å². The summed E-state index contributed by atoms with van der Waals surface area (Å²) in [5.74, 6) is -0.253. The number of nitrogens with one attached hydrogen (secondary N) is 1. The summed E-state index contributed by atoms with van der Waals surface area (Å²) < 4.78 is 0. The molecule has 6 heteroatoms. The van der Waals surface area contributed by atoms with Crippen molar-refractivity contribution in [3.63, 3.8) is 0 Å². The van der Waals surface area contributed by atoms with Gasteiger partial charge in [0.1, 0.15) is 10.7 Å². The van der Waals surface area contributed by atoms with Crippen LogP contribution in [0.2, 0.25) is 0 Å². The lowest BCUT2D eigenvalue weighted by atomic mass is 10.2. The largest absolute Gasteiger partial charge is 0.295 e. The van der Waals surface area contributed by atoms with Gasteiger partial charge in [-0.1, -0.05) is 37.2 Å². The third-order valence-electron chi connectivity index (χ3n) is 2.58. The molecule has 0 saturated heterocycles. The molecule has 0 spiro atoms. The maximum Gasteiger partial charge on any atom is 0.276 e. The minimum absolute atomic E-state index is 0.253. The predicted molar refractivity (Wildman–Crippen MR) is 75.3 cm³/mol. The van der Waals surface area contributed by atoms with E-state index < -0.39 is 0 Å². The lowest BCUT2D eigenvalue weighted by Crippen LogP contribution is -2.13. The first-order valence-electron chi connectivity index (χ1n) is 6.34. The monoisotopic (exact) mass is 276 g/mol. The van der Waals surface area contributed by atoms with Crippen molar-refractivity contribution in [2.45, 2.75) is 32.6 Å². The van der Waals surface area contributed by atoms with Crippen LogP contribution in [0.1, 0.15) is 41.7 Å². The molecule has 0 saturated carbocycles. The topological polar surface area (TPSA) is 67.8 Å². The number of rotatable bonds is 6. The van der Waals surface area contributed by atoms with Crippen LogP contribution in [0.15, 0.2) is 24.4 Å². The van der Waals surface area contributed by atoms with Crippen molar-refractivity contribution in [1.29, 1.82) is 0 Å². The molecule has 2 aromatic rings. The fourth-order valence-electron chi connectivity index (χ4n) is 1.59. The molecule has 0 aliphatic heterocycles. The second-order valence-corrected chi connectivity index (χ2v) is 5.19. The SMILES string of the molecule is CCCCCc1nnc(NC(=O)c2ccccn2)s1. The van der Waals surface area contributed by atoms with Crippen molar-refractivity contribution in [2.75, 3.05) is 5.32 Å². The third kappa shape index (κ3) is 4.10. The van der Waals surface area contributed by atoms with Crippen molar-refractivity contribution in [3.05, 3.63) is 35.1 Å². The van der Waals surface area contributed by atoms with Crippen molar-refractivity contribution < 1.29 is 4.79 Å². The number of carbonyl (C=O) groups is 1. The number of hydrogen-bond acceptors (Lipinski definition) is 5. The number of amides is 1. The van der Waals surface area contributed by atoms with E-state index in [0.717, 1.165) is 17.8 Å². The number of aromatic nitrogens is 3. The van der Waals surface area contributed by atoms with Crippen LogP contribution in [0.3, 0.4) is 0 Å². The Morgan fingerprint density at radius 1 is 1.32 bits per heavy atom. The van der Waals surface area contributed by atoms with E-state index in [9.17, 15) is 4.79 Å². The van der Waals surface area contributed by atoms with E-state index in [0.29, 0.717) is 10.8 Å². The Hall–Kier alpha value is -1.82. The second-order valence-electron chi connectivity index (χ2n) is 4.13. The Morgan fingerprint density at radius 3 is 2.95 bits per heavy atom. The van der Waals surface area contributed by atoms with Gasteiger partial charge >= 0.3 is 0 Å². The number of anilines is 1. The fourth-order valence-corrected chi connectivity index (χ4v) is 2.37. The van der Waals surface area contributed by atoms with Crippen LogP contribution < -0.4 is 5.32 Å². The molecule has 0 radical (unpaired) electrons. The maximum absolute atomic E-state index is 11.8. The molecular weight excluding hydrogens is 260 g/mol. The number of unbranched alkanes of at least 4 members (excludes halogenated alkanes) is 2. The summed E-state index contributed by atoms with van der Waals surface area (Å²) in [5, 5.41) is 12.2. The van der Waals surface area contributed by atoms with Gasteiger partial charge in [-0.3, -0.25) is 15.1 Å². The van der Waals surface area contributed by atoms with E-state index in [1.54, 1.807) is 24.4 Å². The Bertz CT molecular complexity index is 526. The average Bonchev–Trinajstić information content (AvgIpc) is 2.88. The molecule has 1 amide bonds. The predicted octanol–water partition coefficient (Wildman–Crippen LogP) is 2.92. The van der Waals surface area contributed by atoms with Gasteiger partial charge in [0.2, 0.25) is 5.13 Å². The first-order chi connectivity index (χ1) is 9.29. The zero-order valence-electron chi connectivity index (χ0n) is 10.8. The Labute approximate surface area is 116 Å². The second kappa shape index (κ2) is 6.94. The molecular formula is C13H16N4OS. The first kappa shape index (κ1) is 13.6. The minimum Gasteiger partial charge on any atom is -0.295 e. The summed E-state index contributed by atoms with van der Waals surface area (Å²) >= 11 is 1.42. The van der Waals surface area contributed by atoms with E-state index in [4.69, 9.17) is 0 Å². The molecule has 2 aromatic heterocycles. The normalized spacial score (nSPS) is 10.4. The summed E-state index contributed by atoms with van der Waals surface area (Å²) in [4.78, 5) is 15.8. The van der Waals surface area contributed by atoms with Crippen molar-refractivity contribution in [3.8, 4) is 0 Å². The molecule has 0 aliphatic carbocycles. The quantitative estimate of drug-likeness (QED) is 0.824. The van der Waals surface area contributed by atoms with E-state index in [2.05, 4.69) is 27.4 Å². The molecule has 0 aromatic carbocycles. The summed E-state index contributed by atoms with van der Waals surface area (Å²) in [6.45, 7) is 2.17. The molecule has 2 heterocycles. The van der Waals surface area contributed by atoms with Gasteiger partial charge < -0.3 is 0 Å². The van der Waals surface area contributed by atoms with Gasteiger partial charge in [0.05, 0.1) is 0 Å². The Kier molecular flexibility index (Phi) is 4.97. The average molecular weight is 276 g/mol. The van der Waals surface area contributed by atoms with Crippen LogP contribution in [0.4, 0.5) is 5.13 Å². The highest BCUT2D eigenvalue weighted by Gasteiger charge is 2.10. The van der Waals surface area contributed by atoms with Gasteiger partial charge in [-0.15, -0.1) is 10.2 Å². The van der Waals surface area contributed by atoms with Gasteiger partial charge in [-0.05, 0) is 18.6 Å². The molecule has 100 valence electrons. The van der Waals surface area contributed by atoms with E-state index in [-0.39, 0.29) is 5.91 Å². The van der Waals surface area contributed by atoms with Gasteiger partial charge in [0, 0.05) is 12.6 Å². The number of hydrogen-bond donors (Lipinski definition) is 1. The standard InChI is InChI=1S/C13H16N4OS/c1-2-3-4-8-11-16-17-13(19-11)15-12(18)10-7-5-6-9-14-10/h5-7,9H,2-4,8H2,1H3,(H,15,17,18). The third-order valence-corrected chi connectivity index (χ3v) is 3.48. The van der Waals surface area contributed by atoms with E-state index >= 15 is 0 Å². The molecule has 5 nitrogen and oxygen atoms in total. The van der Waals surface area contributed by atoms with Crippen molar-refractivity contribution >= 4 is 22.4 Å². The fraction of sp³-hybridized carbons (Fsp3) is 0.385. The van der Waals surface area contributed by atoms with Crippen LogP contribution in [0.25, 0.3) is 0 Å². The zero-order valence-corrected chi connectivity index (χ0v) is 11.6. The number of carbonyl (C=O) groups excluding carboxylic acids is 1. The first-order valence-corrected chi connectivity index (χ1v) is 7.16. The summed E-state index contributed by atoms with van der Waals surface area (Å²) in [6.07, 6.45) is 5.99. The molecule has 1 N–H and O–H groups in total. The minimum atomic E-state index is -0.253. The Morgan fingerprint density at radius 2 is 2.21 bits per heavy atom. The number of pyridine rings is 1. The summed E-state index contributed by atoms with van der Waals surface area (Å²) in [7, 11) is 0. The lowest BCUT2D eigenvalue weighted by molar-refractivity contribution is 0.102. The van der Waals surface area contributed by atoms with Gasteiger partial charge in [0.25, 0.3) is 5.91 Å². The zero-order chi connectivity index (χ0) is 13.5. The Balaban J connectivity index is 1.91. The molecule has 2 rings (SSSR count). The molecule has 0 aliphatic rings. The van der Waals surface area contributed by atoms with Crippen molar-refractivity contribution in [2.24, 2.45) is 0 Å². The lowest BCUT2D eigenvalue weighted by Gasteiger charge is -1.98. The van der Waals surface area contributed by atoms with Gasteiger partial charge in [-0.2, -0.15) is 0 Å². The summed E-state index contributed by atoms with van der Waals surface area (Å²) in [6, 6.07) is 5.21. The highest BCUT2D eigenvalue weighted by atomic mass is 32.1. The van der Waals surface area contributed by atoms with Crippen molar-refractivity contribution in [1.82, 2.24) is 15.2 Å². The molecule has 0 fully saturated rings. The van der Waals surface area contributed by atoms with Crippen LogP contribution in [0, 0.1) is 0 Å².